The molecule has 30 heavy (non-hydrogen) atoms. The van der Waals surface area contributed by atoms with Crippen molar-refractivity contribution in [3.8, 4) is 6.07 Å². The molecule has 2 aromatic rings. The minimum absolute atomic E-state index is 0.0629. The fourth-order valence-corrected chi connectivity index (χ4v) is 3.50. The molecule has 3 rings (SSSR count). The van der Waals surface area contributed by atoms with Gasteiger partial charge < -0.3 is 10.1 Å². The summed E-state index contributed by atoms with van der Waals surface area (Å²) in [5.41, 5.74) is 2.88. The lowest BCUT2D eigenvalue weighted by atomic mass is 9.80. The number of nitro benzene ring substituents is 1. The first-order valence-corrected chi connectivity index (χ1v) is 9.54. The zero-order valence-electron chi connectivity index (χ0n) is 16.3. The topological polar surface area (TPSA) is 105 Å². The Morgan fingerprint density at radius 3 is 2.40 bits per heavy atom. The van der Waals surface area contributed by atoms with E-state index in [0.717, 1.165) is 0 Å². The third-order valence-electron chi connectivity index (χ3n) is 4.75. The van der Waals surface area contributed by atoms with Crippen molar-refractivity contribution in [2.75, 3.05) is 6.61 Å². The highest BCUT2D eigenvalue weighted by Gasteiger charge is 2.36. The van der Waals surface area contributed by atoms with Crippen molar-refractivity contribution in [2.24, 2.45) is 0 Å². The number of nitrogens with zero attached hydrogens (tertiary/aromatic N) is 2. The summed E-state index contributed by atoms with van der Waals surface area (Å²) in [7, 11) is 0. The van der Waals surface area contributed by atoms with Gasteiger partial charge in [0.2, 0.25) is 0 Å². The Morgan fingerprint density at radius 2 is 1.87 bits per heavy atom. The average molecular weight is 424 g/mol. The number of nitrogens with one attached hydrogen (secondary N) is 1. The van der Waals surface area contributed by atoms with Crippen molar-refractivity contribution >= 4 is 29.0 Å². The molecule has 2 aromatic carbocycles. The van der Waals surface area contributed by atoms with E-state index < -0.39 is 16.8 Å². The van der Waals surface area contributed by atoms with Gasteiger partial charge in [-0.2, -0.15) is 5.26 Å². The van der Waals surface area contributed by atoms with Crippen LogP contribution in [0.4, 0.5) is 5.69 Å². The summed E-state index contributed by atoms with van der Waals surface area (Å²) >= 11 is 6.02. The largest absolute Gasteiger partial charge is 0.463 e. The van der Waals surface area contributed by atoms with Gasteiger partial charge in [-0.05, 0) is 49.2 Å². The van der Waals surface area contributed by atoms with Crippen LogP contribution in [0.15, 0.2) is 65.4 Å². The molecule has 0 aliphatic carbocycles. The van der Waals surface area contributed by atoms with E-state index in [-0.39, 0.29) is 17.9 Å². The van der Waals surface area contributed by atoms with Crippen LogP contribution in [0.1, 0.15) is 30.9 Å². The van der Waals surface area contributed by atoms with Crippen LogP contribution in [-0.2, 0) is 9.53 Å². The van der Waals surface area contributed by atoms with Gasteiger partial charge in [0.05, 0.1) is 40.4 Å². The van der Waals surface area contributed by atoms with E-state index >= 15 is 0 Å². The van der Waals surface area contributed by atoms with Crippen LogP contribution in [0, 0.1) is 21.4 Å². The predicted molar refractivity (Wildman–Crippen MR) is 112 cm³/mol. The van der Waals surface area contributed by atoms with Crippen LogP contribution in [0.3, 0.4) is 0 Å². The monoisotopic (exact) mass is 423 g/mol. The van der Waals surface area contributed by atoms with Crippen LogP contribution in [0.2, 0.25) is 5.02 Å². The van der Waals surface area contributed by atoms with Gasteiger partial charge in [-0.1, -0.05) is 23.7 Å². The molecule has 0 saturated carbocycles. The summed E-state index contributed by atoms with van der Waals surface area (Å²) in [6, 6.07) is 14.9. The maximum absolute atomic E-state index is 13.0. The Morgan fingerprint density at radius 1 is 1.23 bits per heavy atom. The molecule has 0 unspecified atom stereocenters. The predicted octanol–water partition coefficient (Wildman–Crippen LogP) is 4.71. The molecule has 1 aliphatic heterocycles. The van der Waals surface area contributed by atoms with Crippen molar-refractivity contribution in [1.29, 1.82) is 5.26 Å². The number of hydrogen-bond donors (Lipinski definition) is 1. The molecule has 1 heterocycles. The van der Waals surface area contributed by atoms with E-state index in [1.165, 1.54) is 12.1 Å². The van der Waals surface area contributed by atoms with Gasteiger partial charge >= 0.3 is 5.97 Å². The molecule has 1 aliphatic rings. The average Bonchev–Trinajstić information content (AvgIpc) is 2.73. The molecule has 1 N–H and O–H groups in total. The van der Waals surface area contributed by atoms with Gasteiger partial charge in [0.15, 0.2) is 0 Å². The Kier molecular flexibility index (Phi) is 6.19. The highest BCUT2D eigenvalue weighted by Crippen LogP contribution is 2.41. The zero-order chi connectivity index (χ0) is 21.8. The Balaban J connectivity index is 2.25. The fraction of sp³-hybridized carbons (Fsp3) is 0.182. The van der Waals surface area contributed by atoms with Crippen molar-refractivity contribution < 1.29 is 14.5 Å². The first-order chi connectivity index (χ1) is 14.4. The number of ether oxygens (including phenoxy) is 1. The number of hydrogen-bond acceptors (Lipinski definition) is 6. The molecule has 0 aromatic heterocycles. The third kappa shape index (κ3) is 4.04. The number of carbonyl (C=O) groups excluding carboxylic acids is 1. The van der Waals surface area contributed by atoms with E-state index in [4.69, 9.17) is 16.3 Å². The normalized spacial score (nSPS) is 16.0. The fourth-order valence-electron chi connectivity index (χ4n) is 3.37. The maximum atomic E-state index is 13.0. The highest BCUT2D eigenvalue weighted by molar-refractivity contribution is 6.30. The number of nitro groups is 1. The number of esters is 1. The molecular formula is C22H18ClN3O4. The number of benzene rings is 2. The van der Waals surface area contributed by atoms with Crippen molar-refractivity contribution in [3.63, 3.8) is 0 Å². The number of carbonyl (C=O) groups is 1. The first-order valence-electron chi connectivity index (χ1n) is 9.16. The second kappa shape index (κ2) is 8.80. The molecular weight excluding hydrogens is 406 g/mol. The third-order valence-corrected chi connectivity index (χ3v) is 5.00. The first kappa shape index (κ1) is 21.1. The lowest BCUT2D eigenvalue weighted by Gasteiger charge is -2.30. The van der Waals surface area contributed by atoms with Crippen molar-refractivity contribution in [3.05, 3.63) is 91.6 Å². The summed E-state index contributed by atoms with van der Waals surface area (Å²) in [6.07, 6.45) is 0. The number of halogens is 1. The maximum Gasteiger partial charge on any atom is 0.337 e. The second-order valence-corrected chi connectivity index (χ2v) is 7.01. The minimum atomic E-state index is -0.669. The summed E-state index contributed by atoms with van der Waals surface area (Å²) < 4.78 is 5.30. The van der Waals surface area contributed by atoms with Gasteiger partial charge in [0, 0.05) is 22.9 Å². The van der Waals surface area contributed by atoms with Gasteiger partial charge in [-0.15, -0.1) is 0 Å². The summed E-state index contributed by atoms with van der Waals surface area (Å²) in [5, 5.41) is 24.5. The number of nitriles is 1. The quantitative estimate of drug-likeness (QED) is 0.424. The number of rotatable bonds is 5. The highest BCUT2D eigenvalue weighted by atomic mass is 35.5. The van der Waals surface area contributed by atoms with Gasteiger partial charge in [-0.3, -0.25) is 10.1 Å². The second-order valence-electron chi connectivity index (χ2n) is 6.57. The molecule has 0 fully saturated rings. The number of non-ortho nitro benzene ring substituents is 1. The van der Waals surface area contributed by atoms with E-state index in [9.17, 15) is 20.2 Å². The summed E-state index contributed by atoms with van der Waals surface area (Å²) in [6.45, 7) is 3.60. The van der Waals surface area contributed by atoms with E-state index in [1.807, 2.05) is 0 Å². The van der Waals surface area contributed by atoms with Gasteiger partial charge in [0.1, 0.15) is 0 Å². The molecule has 0 bridgehead atoms. The Labute approximate surface area is 178 Å². The molecule has 7 nitrogen and oxygen atoms in total. The lowest BCUT2D eigenvalue weighted by molar-refractivity contribution is -0.384. The Bertz CT molecular complexity index is 1100. The SMILES string of the molecule is CCOC(=O)C1=C(c2ccc([N+](=O)[O-])cc2)NC(C)=C(C#N)[C@@H]1c1ccc(Cl)cc1. The number of allylic oxidation sites excluding steroid dienone is 2. The molecule has 0 amide bonds. The molecule has 0 radical (unpaired) electrons. The smallest absolute Gasteiger partial charge is 0.337 e. The molecule has 1 atom stereocenters. The Hall–Kier alpha value is -3.63. The zero-order valence-corrected chi connectivity index (χ0v) is 17.1. The van der Waals surface area contributed by atoms with Crippen LogP contribution in [0.25, 0.3) is 5.70 Å². The van der Waals surface area contributed by atoms with Crippen LogP contribution < -0.4 is 5.32 Å². The minimum Gasteiger partial charge on any atom is -0.463 e. The van der Waals surface area contributed by atoms with E-state index in [1.54, 1.807) is 50.2 Å². The number of dihydropyridines is 1. The summed E-state index contributed by atoms with van der Waals surface area (Å²) in [5.74, 6) is -1.24. The van der Waals surface area contributed by atoms with Crippen LogP contribution in [-0.4, -0.2) is 17.5 Å². The van der Waals surface area contributed by atoms with Crippen LogP contribution in [0.5, 0.6) is 0 Å². The van der Waals surface area contributed by atoms with Crippen LogP contribution >= 0.6 is 11.6 Å². The summed E-state index contributed by atoms with van der Waals surface area (Å²) in [4.78, 5) is 23.5. The standard InChI is InChI=1S/C22H18ClN3O4/c1-3-30-22(27)20-19(14-4-8-16(23)9-5-14)18(12-24)13(2)25-21(20)15-6-10-17(11-7-15)26(28)29/h4-11,19,25H,3H2,1-2H3/t19-/m0/s1. The van der Waals surface area contributed by atoms with E-state index in [0.29, 0.717) is 33.1 Å². The molecule has 8 heteroatoms. The van der Waals surface area contributed by atoms with Gasteiger partial charge in [-0.25, -0.2) is 4.79 Å². The lowest BCUT2D eigenvalue weighted by Crippen LogP contribution is -2.29. The van der Waals surface area contributed by atoms with E-state index in [2.05, 4.69) is 11.4 Å². The molecule has 0 spiro atoms. The van der Waals surface area contributed by atoms with Crippen molar-refractivity contribution in [2.45, 2.75) is 19.8 Å². The van der Waals surface area contributed by atoms with Crippen molar-refractivity contribution in [1.82, 2.24) is 5.32 Å². The van der Waals surface area contributed by atoms with Gasteiger partial charge in [0.25, 0.3) is 5.69 Å². The molecule has 0 saturated heterocycles. The molecule has 152 valence electrons.